The van der Waals surface area contributed by atoms with Crippen molar-refractivity contribution >= 4 is 168 Å². The lowest BCUT2D eigenvalue weighted by atomic mass is 9.96. The van der Waals surface area contributed by atoms with Crippen molar-refractivity contribution in [3.63, 3.8) is 0 Å². The quantitative estimate of drug-likeness (QED) is 0.167. The SMILES string of the molecule is Brc1ccc2c3ccccc3n(-c3ccccc3)c2c1.CCCCC.c1ccc(-n2c3ccccc3c3ccc(-n4c5c6ccccc6ccc5c5c6ccccc6c6ccccc6c54)cc32)cc1.c1ccc2c(c1)ccc1c2[nH]c2c3ccccc3c3ccccc3c12. The molecular formula is C89H65BrN4. The van der Waals surface area contributed by atoms with Gasteiger partial charge >= 0.3 is 0 Å². The molecule has 448 valence electrons. The maximum atomic E-state index is 3.76. The number of benzene rings is 16. The molecule has 20 rings (SSSR count). The zero-order chi connectivity index (χ0) is 62.8. The maximum absolute atomic E-state index is 3.76. The number of H-pyrrole nitrogens is 1. The second-order valence-electron chi connectivity index (χ2n) is 24.6. The fourth-order valence-corrected chi connectivity index (χ4v) is 15.4. The van der Waals surface area contributed by atoms with Gasteiger partial charge < -0.3 is 18.7 Å². The Morgan fingerprint density at radius 2 is 0.660 bits per heavy atom. The Labute approximate surface area is 552 Å². The van der Waals surface area contributed by atoms with E-state index >= 15 is 0 Å². The van der Waals surface area contributed by atoms with Gasteiger partial charge in [-0.05, 0) is 104 Å². The Kier molecular flexibility index (Phi) is 14.3. The van der Waals surface area contributed by atoms with Crippen molar-refractivity contribution in [3.8, 4) is 17.1 Å². The number of aromatic amines is 1. The van der Waals surface area contributed by atoms with Crippen LogP contribution in [0.25, 0.3) is 169 Å². The Bertz CT molecular complexity index is 6300. The second-order valence-corrected chi connectivity index (χ2v) is 25.5. The molecule has 20 aromatic rings. The highest BCUT2D eigenvalue weighted by Gasteiger charge is 2.23. The van der Waals surface area contributed by atoms with Gasteiger partial charge in [0.1, 0.15) is 0 Å². The summed E-state index contributed by atoms with van der Waals surface area (Å²) in [5, 5.41) is 25.8. The molecule has 1 N–H and O–H groups in total. The second kappa shape index (κ2) is 23.8. The van der Waals surface area contributed by atoms with Gasteiger partial charge in [0.2, 0.25) is 0 Å². The lowest BCUT2D eigenvalue weighted by Crippen LogP contribution is -1.98. The summed E-state index contributed by atoms with van der Waals surface area (Å²) in [6, 6.07) is 114. The molecule has 0 aliphatic rings. The van der Waals surface area contributed by atoms with Crippen LogP contribution in [0.15, 0.2) is 320 Å². The van der Waals surface area contributed by atoms with E-state index in [4.69, 9.17) is 0 Å². The molecule has 5 heteroatoms. The zero-order valence-corrected chi connectivity index (χ0v) is 53.9. The van der Waals surface area contributed by atoms with E-state index in [-0.39, 0.29) is 0 Å². The highest BCUT2D eigenvalue weighted by Crippen LogP contribution is 2.46. The van der Waals surface area contributed by atoms with Crippen LogP contribution in [-0.4, -0.2) is 18.7 Å². The molecule has 0 amide bonds. The Morgan fingerprint density at radius 3 is 1.23 bits per heavy atom. The summed E-state index contributed by atoms with van der Waals surface area (Å²) in [4.78, 5) is 3.76. The molecule has 0 fully saturated rings. The van der Waals surface area contributed by atoms with Gasteiger partial charge in [-0.25, -0.2) is 0 Å². The van der Waals surface area contributed by atoms with E-state index < -0.39 is 0 Å². The Morgan fingerprint density at radius 1 is 0.255 bits per heavy atom. The number of rotatable bonds is 5. The number of halogens is 1. The fraction of sp³-hybridized carbons (Fsp3) is 0.0562. The van der Waals surface area contributed by atoms with Crippen LogP contribution in [0.1, 0.15) is 33.1 Å². The predicted octanol–water partition coefficient (Wildman–Crippen LogP) is 25.9. The van der Waals surface area contributed by atoms with Crippen molar-refractivity contribution in [2.45, 2.75) is 33.1 Å². The van der Waals surface area contributed by atoms with Crippen LogP contribution in [0.3, 0.4) is 0 Å². The van der Waals surface area contributed by atoms with E-state index in [1.165, 1.54) is 182 Å². The summed E-state index contributed by atoms with van der Waals surface area (Å²) in [5.41, 5.74) is 13.4. The summed E-state index contributed by atoms with van der Waals surface area (Å²) in [5.74, 6) is 0. The summed E-state index contributed by atoms with van der Waals surface area (Å²) in [6.07, 6.45) is 4.08. The van der Waals surface area contributed by atoms with Crippen LogP contribution in [-0.2, 0) is 0 Å². The number of hydrogen-bond acceptors (Lipinski definition) is 0. The van der Waals surface area contributed by atoms with E-state index in [1.807, 2.05) is 6.07 Å². The molecule has 94 heavy (non-hydrogen) atoms. The minimum absolute atomic E-state index is 1.10. The van der Waals surface area contributed by atoms with Crippen molar-refractivity contribution in [3.05, 3.63) is 320 Å². The van der Waals surface area contributed by atoms with Gasteiger partial charge in [-0.3, -0.25) is 0 Å². The van der Waals surface area contributed by atoms with Crippen molar-refractivity contribution in [2.24, 2.45) is 0 Å². The largest absolute Gasteiger partial charge is 0.353 e. The van der Waals surface area contributed by atoms with E-state index in [1.54, 1.807) is 0 Å². The van der Waals surface area contributed by atoms with Gasteiger partial charge in [-0.2, -0.15) is 0 Å². The Balaban J connectivity index is 0.000000113. The average molecular weight is 1270 g/mol. The minimum Gasteiger partial charge on any atom is -0.353 e. The molecule has 0 aliphatic heterocycles. The third kappa shape index (κ3) is 9.32. The van der Waals surface area contributed by atoms with Crippen LogP contribution >= 0.6 is 15.9 Å². The molecule has 4 nitrogen and oxygen atoms in total. The van der Waals surface area contributed by atoms with E-state index in [9.17, 15) is 0 Å². The van der Waals surface area contributed by atoms with Gasteiger partial charge in [0.25, 0.3) is 0 Å². The highest BCUT2D eigenvalue weighted by molar-refractivity contribution is 9.10. The topological polar surface area (TPSA) is 30.6 Å². The number of hydrogen-bond donors (Lipinski definition) is 1. The normalized spacial score (nSPS) is 11.7. The van der Waals surface area contributed by atoms with Crippen molar-refractivity contribution in [1.82, 2.24) is 18.7 Å². The number of unbranched alkanes of at least 4 members (excludes halogenated alkanes) is 2. The van der Waals surface area contributed by atoms with Gasteiger partial charge in [-0.1, -0.05) is 304 Å². The third-order valence-corrected chi connectivity index (χ3v) is 19.7. The molecule has 0 bridgehead atoms. The summed E-state index contributed by atoms with van der Waals surface area (Å²) in [7, 11) is 0. The fourth-order valence-electron chi connectivity index (χ4n) is 15.1. The number of nitrogens with zero attached hydrogens (tertiary/aromatic N) is 3. The van der Waals surface area contributed by atoms with Crippen LogP contribution in [0.4, 0.5) is 0 Å². The molecule has 0 radical (unpaired) electrons. The number of nitrogens with one attached hydrogen (secondary N) is 1. The van der Waals surface area contributed by atoms with Crippen LogP contribution in [0.5, 0.6) is 0 Å². The molecule has 16 aromatic carbocycles. The van der Waals surface area contributed by atoms with E-state index in [0.29, 0.717) is 0 Å². The minimum atomic E-state index is 1.10. The van der Waals surface area contributed by atoms with Gasteiger partial charge in [0.15, 0.2) is 0 Å². The monoisotopic (exact) mass is 1270 g/mol. The molecule has 0 saturated carbocycles. The van der Waals surface area contributed by atoms with E-state index in [2.05, 4.69) is 358 Å². The molecule has 0 spiro atoms. The Hall–Kier alpha value is -11.2. The molecule has 0 atom stereocenters. The zero-order valence-electron chi connectivity index (χ0n) is 52.4. The first-order valence-corrected chi connectivity index (χ1v) is 33.6. The van der Waals surface area contributed by atoms with E-state index in [0.717, 1.165) is 10.2 Å². The third-order valence-electron chi connectivity index (χ3n) is 19.2. The lowest BCUT2D eigenvalue weighted by molar-refractivity contribution is 0.772. The summed E-state index contributed by atoms with van der Waals surface area (Å²) >= 11 is 3.58. The number of aromatic nitrogens is 4. The lowest BCUT2D eigenvalue weighted by Gasteiger charge is -2.14. The molecule has 4 heterocycles. The van der Waals surface area contributed by atoms with Crippen molar-refractivity contribution in [1.29, 1.82) is 0 Å². The van der Waals surface area contributed by atoms with Gasteiger partial charge in [0, 0.05) is 86.2 Å². The van der Waals surface area contributed by atoms with Crippen molar-refractivity contribution < 1.29 is 0 Å². The van der Waals surface area contributed by atoms with Crippen LogP contribution in [0, 0.1) is 0 Å². The predicted molar refractivity (Wildman–Crippen MR) is 410 cm³/mol. The summed E-state index contributed by atoms with van der Waals surface area (Å²) in [6.45, 7) is 4.42. The first-order valence-electron chi connectivity index (χ1n) is 32.9. The average Bonchev–Trinajstić information content (AvgIpc) is 1.54. The smallest absolute Gasteiger partial charge is 0.0626 e. The molecule has 0 unspecified atom stereocenters. The first kappa shape index (κ1) is 56.7. The standard InChI is InChI=1S/C42H26N2.C24H15N.C18H12BrN.C5H12/c1-2-13-28(14-3-1)43-38-21-11-10-18-33(38)34-25-23-29(26-39(34)43)44-41-30-15-5-4-12-27(30)22-24-37(41)40-35-19-8-6-16-31(35)32-17-7-9-20-36(32)42(40)44;1-2-8-16-15(7-1)13-14-21-22-19-11-5-3-9-17(19)18-10-4-6-12-20(18)24(22)25-23(16)21;19-13-10-11-16-15-8-4-5-9-17(15)20(18(16)12-13)14-6-2-1-3-7-14;1-3-5-4-2/h1-26H;1-14,25H;1-12H;3-5H2,1-2H3. The first-order chi connectivity index (χ1) is 46.5. The molecule has 4 aromatic heterocycles. The van der Waals surface area contributed by atoms with Gasteiger partial charge in [0.05, 0.1) is 44.1 Å². The van der Waals surface area contributed by atoms with Gasteiger partial charge in [-0.15, -0.1) is 0 Å². The molecule has 0 aliphatic carbocycles. The molecular weight excluding hydrogens is 1200 g/mol. The van der Waals surface area contributed by atoms with Crippen molar-refractivity contribution in [2.75, 3.05) is 0 Å². The maximum Gasteiger partial charge on any atom is 0.0626 e. The highest BCUT2D eigenvalue weighted by atomic mass is 79.9. The molecule has 0 saturated heterocycles. The van der Waals surface area contributed by atoms with Crippen LogP contribution in [0.2, 0.25) is 0 Å². The van der Waals surface area contributed by atoms with Crippen LogP contribution < -0.4 is 0 Å². The number of para-hydroxylation sites is 4. The number of fused-ring (bicyclic) bond motifs is 26. The summed E-state index contributed by atoms with van der Waals surface area (Å²) < 4.78 is 8.36.